The number of rotatable bonds is 3. The highest BCUT2D eigenvalue weighted by Crippen LogP contribution is 2.38. The Bertz CT molecular complexity index is 476. The molecule has 0 amide bonds. The Morgan fingerprint density at radius 1 is 1.56 bits per heavy atom. The van der Waals surface area contributed by atoms with Gasteiger partial charge in [0.25, 0.3) is 0 Å². The SMILES string of the molecule is COc1ccc(C)c(C2CC(C(=O)O)CN2)c1Cl. The molecule has 4 nitrogen and oxygen atoms in total. The number of benzene rings is 1. The highest BCUT2D eigenvalue weighted by Gasteiger charge is 2.32. The van der Waals surface area contributed by atoms with Crippen LogP contribution < -0.4 is 10.1 Å². The molecule has 0 aromatic heterocycles. The first-order valence-electron chi connectivity index (χ1n) is 5.83. The lowest BCUT2D eigenvalue weighted by Crippen LogP contribution is -2.17. The van der Waals surface area contributed by atoms with Gasteiger partial charge in [-0.05, 0) is 30.5 Å². The smallest absolute Gasteiger partial charge is 0.307 e. The Morgan fingerprint density at radius 3 is 2.83 bits per heavy atom. The van der Waals surface area contributed by atoms with Crippen LogP contribution in [0.3, 0.4) is 0 Å². The molecular formula is C13H16ClNO3. The zero-order valence-electron chi connectivity index (χ0n) is 10.4. The predicted molar refractivity (Wildman–Crippen MR) is 69.2 cm³/mol. The van der Waals surface area contributed by atoms with Gasteiger partial charge in [-0.15, -0.1) is 0 Å². The van der Waals surface area contributed by atoms with Crippen LogP contribution in [0.5, 0.6) is 5.75 Å². The summed E-state index contributed by atoms with van der Waals surface area (Å²) in [5.74, 6) is -0.490. The molecule has 0 radical (unpaired) electrons. The Kier molecular flexibility index (Phi) is 3.78. The minimum Gasteiger partial charge on any atom is -0.495 e. The molecule has 0 saturated carbocycles. The van der Waals surface area contributed by atoms with Crippen molar-refractivity contribution in [3.8, 4) is 5.75 Å². The van der Waals surface area contributed by atoms with Gasteiger partial charge in [0.2, 0.25) is 0 Å². The average molecular weight is 270 g/mol. The Balaban J connectivity index is 2.32. The summed E-state index contributed by atoms with van der Waals surface area (Å²) < 4.78 is 5.20. The number of hydrogen-bond acceptors (Lipinski definition) is 3. The van der Waals surface area contributed by atoms with E-state index in [2.05, 4.69) is 5.32 Å². The third-order valence-corrected chi connectivity index (χ3v) is 3.80. The molecule has 2 atom stereocenters. The van der Waals surface area contributed by atoms with Gasteiger partial charge in [-0.25, -0.2) is 0 Å². The number of aliphatic carboxylic acids is 1. The van der Waals surface area contributed by atoms with Crippen LogP contribution in [0.25, 0.3) is 0 Å². The summed E-state index contributed by atoms with van der Waals surface area (Å²) in [6, 6.07) is 3.74. The van der Waals surface area contributed by atoms with Crippen molar-refractivity contribution in [1.29, 1.82) is 0 Å². The zero-order valence-corrected chi connectivity index (χ0v) is 11.1. The first-order valence-corrected chi connectivity index (χ1v) is 6.21. The van der Waals surface area contributed by atoms with E-state index < -0.39 is 5.97 Å². The number of nitrogens with one attached hydrogen (secondary N) is 1. The highest BCUT2D eigenvalue weighted by molar-refractivity contribution is 6.33. The fraction of sp³-hybridized carbons (Fsp3) is 0.462. The third-order valence-electron chi connectivity index (χ3n) is 3.41. The molecule has 98 valence electrons. The summed E-state index contributed by atoms with van der Waals surface area (Å²) in [4.78, 5) is 11.0. The summed E-state index contributed by atoms with van der Waals surface area (Å²) in [5.41, 5.74) is 1.99. The van der Waals surface area contributed by atoms with Crippen molar-refractivity contribution >= 4 is 17.6 Å². The van der Waals surface area contributed by atoms with E-state index >= 15 is 0 Å². The van der Waals surface area contributed by atoms with Crippen LogP contribution in [-0.2, 0) is 4.79 Å². The molecule has 0 spiro atoms. The Labute approximate surface area is 111 Å². The maximum absolute atomic E-state index is 11.0. The van der Waals surface area contributed by atoms with Gasteiger partial charge < -0.3 is 15.2 Å². The van der Waals surface area contributed by atoms with Crippen LogP contribution in [0, 0.1) is 12.8 Å². The third kappa shape index (κ3) is 2.31. The molecule has 1 saturated heterocycles. The molecule has 0 bridgehead atoms. The van der Waals surface area contributed by atoms with E-state index in [1.165, 1.54) is 0 Å². The quantitative estimate of drug-likeness (QED) is 0.885. The highest BCUT2D eigenvalue weighted by atomic mass is 35.5. The predicted octanol–water partition coefficient (Wildman–Crippen LogP) is 2.39. The van der Waals surface area contributed by atoms with Gasteiger partial charge in [0, 0.05) is 12.6 Å². The molecule has 18 heavy (non-hydrogen) atoms. The van der Waals surface area contributed by atoms with Crippen LogP contribution in [0.4, 0.5) is 0 Å². The van der Waals surface area contributed by atoms with E-state index in [1.54, 1.807) is 7.11 Å². The molecule has 2 unspecified atom stereocenters. The standard InChI is InChI=1S/C13H16ClNO3/c1-7-3-4-10(18-2)12(14)11(7)9-5-8(6-15-9)13(16)17/h3-4,8-9,15H,5-6H2,1-2H3,(H,16,17). The van der Waals surface area contributed by atoms with Crippen molar-refractivity contribution in [2.75, 3.05) is 13.7 Å². The van der Waals surface area contributed by atoms with Gasteiger partial charge in [0.1, 0.15) is 5.75 Å². The number of halogens is 1. The number of aryl methyl sites for hydroxylation is 1. The summed E-state index contributed by atoms with van der Waals surface area (Å²) in [7, 11) is 1.57. The van der Waals surface area contributed by atoms with Crippen LogP contribution in [-0.4, -0.2) is 24.7 Å². The minimum absolute atomic E-state index is 0.0197. The van der Waals surface area contributed by atoms with Crippen LogP contribution in [0.1, 0.15) is 23.6 Å². The fourth-order valence-corrected chi connectivity index (χ4v) is 2.82. The number of carboxylic acid groups (broad SMARTS) is 1. The van der Waals surface area contributed by atoms with E-state index in [1.807, 2.05) is 19.1 Å². The average Bonchev–Trinajstić information content (AvgIpc) is 2.79. The second kappa shape index (κ2) is 5.16. The molecule has 1 aromatic carbocycles. The summed E-state index contributed by atoms with van der Waals surface area (Å²) in [6.45, 7) is 2.45. The van der Waals surface area contributed by atoms with E-state index in [-0.39, 0.29) is 12.0 Å². The molecule has 1 aliphatic rings. The molecular weight excluding hydrogens is 254 g/mol. The second-order valence-electron chi connectivity index (χ2n) is 4.54. The molecule has 1 aromatic rings. The number of carboxylic acids is 1. The van der Waals surface area contributed by atoms with Crippen molar-refractivity contribution in [2.45, 2.75) is 19.4 Å². The first-order chi connectivity index (χ1) is 8.54. The lowest BCUT2D eigenvalue weighted by Gasteiger charge is -2.17. The molecule has 1 aliphatic heterocycles. The zero-order chi connectivity index (χ0) is 13.3. The number of carbonyl (C=O) groups is 1. The maximum Gasteiger partial charge on any atom is 0.307 e. The monoisotopic (exact) mass is 269 g/mol. The molecule has 2 N–H and O–H groups in total. The van der Waals surface area contributed by atoms with Gasteiger partial charge in [0.05, 0.1) is 18.1 Å². The summed E-state index contributed by atoms with van der Waals surface area (Å²) >= 11 is 6.31. The van der Waals surface area contributed by atoms with Gasteiger partial charge in [-0.1, -0.05) is 17.7 Å². The Hall–Kier alpha value is -1.26. The molecule has 0 aliphatic carbocycles. The van der Waals surface area contributed by atoms with Gasteiger partial charge in [-0.2, -0.15) is 0 Å². The van der Waals surface area contributed by atoms with Crippen molar-refractivity contribution in [3.63, 3.8) is 0 Å². The van der Waals surface area contributed by atoms with E-state index in [9.17, 15) is 4.79 Å². The first kappa shape index (κ1) is 13.2. The minimum atomic E-state index is -0.762. The summed E-state index contributed by atoms with van der Waals surface area (Å²) in [5, 5.41) is 12.8. The largest absolute Gasteiger partial charge is 0.495 e. The number of hydrogen-bond donors (Lipinski definition) is 2. The fourth-order valence-electron chi connectivity index (χ4n) is 2.40. The van der Waals surface area contributed by atoms with Gasteiger partial charge in [-0.3, -0.25) is 4.79 Å². The van der Waals surface area contributed by atoms with E-state index in [0.29, 0.717) is 23.7 Å². The number of methoxy groups -OCH3 is 1. The van der Waals surface area contributed by atoms with Crippen LogP contribution >= 0.6 is 11.6 Å². The second-order valence-corrected chi connectivity index (χ2v) is 4.92. The molecule has 1 fully saturated rings. The van der Waals surface area contributed by atoms with Gasteiger partial charge in [0.15, 0.2) is 0 Å². The lowest BCUT2D eigenvalue weighted by atomic mass is 9.96. The molecule has 5 heteroatoms. The van der Waals surface area contributed by atoms with Crippen molar-refractivity contribution in [3.05, 3.63) is 28.3 Å². The topological polar surface area (TPSA) is 58.6 Å². The van der Waals surface area contributed by atoms with Crippen molar-refractivity contribution in [2.24, 2.45) is 5.92 Å². The lowest BCUT2D eigenvalue weighted by molar-refractivity contribution is -0.141. The maximum atomic E-state index is 11.0. The number of ether oxygens (including phenoxy) is 1. The van der Waals surface area contributed by atoms with E-state index in [4.69, 9.17) is 21.4 Å². The molecule has 2 rings (SSSR count). The van der Waals surface area contributed by atoms with Crippen LogP contribution in [0.2, 0.25) is 5.02 Å². The molecule has 1 heterocycles. The van der Waals surface area contributed by atoms with E-state index in [0.717, 1.165) is 11.1 Å². The Morgan fingerprint density at radius 2 is 2.28 bits per heavy atom. The normalized spacial score (nSPS) is 23.1. The van der Waals surface area contributed by atoms with Crippen LogP contribution in [0.15, 0.2) is 12.1 Å². The van der Waals surface area contributed by atoms with Gasteiger partial charge >= 0.3 is 5.97 Å². The summed E-state index contributed by atoms with van der Waals surface area (Å²) in [6.07, 6.45) is 0.559. The van der Waals surface area contributed by atoms with Crippen molar-refractivity contribution in [1.82, 2.24) is 5.32 Å². The van der Waals surface area contributed by atoms with Crippen molar-refractivity contribution < 1.29 is 14.6 Å².